The van der Waals surface area contributed by atoms with E-state index in [9.17, 15) is 14.2 Å². The predicted molar refractivity (Wildman–Crippen MR) is 88.5 cm³/mol. The summed E-state index contributed by atoms with van der Waals surface area (Å²) in [5.74, 6) is -1.39. The largest absolute Gasteiger partial charge is 0.445 e. The highest BCUT2D eigenvalue weighted by Crippen LogP contribution is 2.50. The maximum absolute atomic E-state index is 12.1. The fourth-order valence-corrected chi connectivity index (χ4v) is 2.87. The SMILES string of the molecule is COP(=O)(OC)[C@@H](C)NC(=O)[C@H](C)NC(=O)OCc1ccccc1. The van der Waals surface area contributed by atoms with Gasteiger partial charge in [0.05, 0.1) is 0 Å². The molecule has 2 atom stereocenters. The third-order valence-corrected chi connectivity index (χ3v) is 5.37. The van der Waals surface area contributed by atoms with Gasteiger partial charge >= 0.3 is 13.7 Å². The predicted octanol–water partition coefficient (Wildman–Crippen LogP) is 2.25. The Kier molecular flexibility index (Phi) is 7.91. The van der Waals surface area contributed by atoms with Crippen LogP contribution in [0.1, 0.15) is 19.4 Å². The first-order valence-corrected chi connectivity index (χ1v) is 8.92. The lowest BCUT2D eigenvalue weighted by Gasteiger charge is -2.23. The lowest BCUT2D eigenvalue weighted by Crippen LogP contribution is -2.47. The summed E-state index contributed by atoms with van der Waals surface area (Å²) in [6, 6.07) is 8.28. The minimum Gasteiger partial charge on any atom is -0.445 e. The van der Waals surface area contributed by atoms with E-state index in [-0.39, 0.29) is 6.61 Å². The molecule has 1 aromatic carbocycles. The quantitative estimate of drug-likeness (QED) is 0.691. The molecule has 0 heterocycles. The van der Waals surface area contributed by atoms with Crippen LogP contribution in [-0.2, 0) is 29.8 Å². The van der Waals surface area contributed by atoms with Crippen molar-refractivity contribution in [1.29, 1.82) is 0 Å². The van der Waals surface area contributed by atoms with Gasteiger partial charge in [0, 0.05) is 14.2 Å². The van der Waals surface area contributed by atoms with Crippen molar-refractivity contribution in [3.05, 3.63) is 35.9 Å². The molecule has 0 aliphatic heterocycles. The molecule has 0 saturated heterocycles. The van der Waals surface area contributed by atoms with Gasteiger partial charge < -0.3 is 24.4 Å². The number of rotatable bonds is 8. The van der Waals surface area contributed by atoms with Gasteiger partial charge in [0.2, 0.25) is 5.91 Å². The zero-order chi connectivity index (χ0) is 18.2. The summed E-state index contributed by atoms with van der Waals surface area (Å²) in [6.45, 7) is 3.07. The molecule has 134 valence electrons. The van der Waals surface area contributed by atoms with Crippen molar-refractivity contribution in [2.75, 3.05) is 14.2 Å². The number of carbonyl (C=O) groups excluding carboxylic acids is 2. The Balaban J connectivity index is 2.45. The molecular formula is C15H23N2O6P. The number of hydrogen-bond donors (Lipinski definition) is 2. The summed E-state index contributed by atoms with van der Waals surface area (Å²) in [4.78, 5) is 23.7. The average molecular weight is 358 g/mol. The first kappa shape index (κ1) is 20.2. The number of nitrogens with one attached hydrogen (secondary N) is 2. The van der Waals surface area contributed by atoms with E-state index in [1.807, 2.05) is 30.3 Å². The maximum Gasteiger partial charge on any atom is 0.408 e. The molecule has 0 saturated carbocycles. The van der Waals surface area contributed by atoms with E-state index in [0.717, 1.165) is 5.56 Å². The van der Waals surface area contributed by atoms with E-state index in [2.05, 4.69) is 10.6 Å². The molecule has 0 aliphatic carbocycles. The van der Waals surface area contributed by atoms with Gasteiger partial charge in [0.1, 0.15) is 18.4 Å². The van der Waals surface area contributed by atoms with Gasteiger partial charge in [-0.15, -0.1) is 0 Å². The van der Waals surface area contributed by atoms with Crippen molar-refractivity contribution in [2.45, 2.75) is 32.3 Å². The number of benzene rings is 1. The van der Waals surface area contributed by atoms with E-state index in [0.29, 0.717) is 0 Å². The summed E-state index contributed by atoms with van der Waals surface area (Å²) in [5.41, 5.74) is 0.833. The van der Waals surface area contributed by atoms with E-state index in [4.69, 9.17) is 13.8 Å². The smallest absolute Gasteiger partial charge is 0.408 e. The summed E-state index contributed by atoms with van der Waals surface area (Å²) in [6.07, 6.45) is -0.726. The van der Waals surface area contributed by atoms with Crippen LogP contribution in [0.25, 0.3) is 0 Å². The van der Waals surface area contributed by atoms with E-state index in [1.165, 1.54) is 28.1 Å². The Morgan fingerprint density at radius 3 is 2.21 bits per heavy atom. The number of amides is 2. The molecule has 9 heteroatoms. The zero-order valence-corrected chi connectivity index (χ0v) is 15.0. The third kappa shape index (κ3) is 5.96. The van der Waals surface area contributed by atoms with Crippen LogP contribution in [0, 0.1) is 0 Å². The molecule has 0 aromatic heterocycles. The molecule has 24 heavy (non-hydrogen) atoms. The fourth-order valence-electron chi connectivity index (χ4n) is 1.81. The van der Waals surface area contributed by atoms with Crippen LogP contribution in [0.3, 0.4) is 0 Å². The molecular weight excluding hydrogens is 335 g/mol. The second-order valence-electron chi connectivity index (χ2n) is 5.02. The number of hydrogen-bond acceptors (Lipinski definition) is 6. The highest BCUT2D eigenvalue weighted by Gasteiger charge is 2.32. The lowest BCUT2D eigenvalue weighted by molar-refractivity contribution is -0.122. The van der Waals surface area contributed by atoms with E-state index in [1.54, 1.807) is 0 Å². The van der Waals surface area contributed by atoms with Gasteiger partial charge in [0.15, 0.2) is 0 Å². The van der Waals surface area contributed by atoms with Gasteiger partial charge in [-0.25, -0.2) is 4.79 Å². The van der Waals surface area contributed by atoms with Crippen LogP contribution in [0.5, 0.6) is 0 Å². The maximum atomic E-state index is 12.1. The van der Waals surface area contributed by atoms with Crippen molar-refractivity contribution in [1.82, 2.24) is 10.6 Å². The molecule has 2 amide bonds. The van der Waals surface area contributed by atoms with Gasteiger partial charge in [0.25, 0.3) is 0 Å². The normalized spacial score (nSPS) is 13.7. The third-order valence-electron chi connectivity index (χ3n) is 3.27. The van der Waals surface area contributed by atoms with Crippen molar-refractivity contribution in [2.24, 2.45) is 0 Å². The Morgan fingerprint density at radius 2 is 1.67 bits per heavy atom. The highest BCUT2D eigenvalue weighted by molar-refractivity contribution is 7.54. The van der Waals surface area contributed by atoms with Gasteiger partial charge in [-0.1, -0.05) is 30.3 Å². The van der Waals surface area contributed by atoms with Gasteiger partial charge in [-0.05, 0) is 19.4 Å². The van der Waals surface area contributed by atoms with Gasteiger partial charge in [-0.3, -0.25) is 9.36 Å². The minimum absolute atomic E-state index is 0.0972. The van der Waals surface area contributed by atoms with Gasteiger partial charge in [-0.2, -0.15) is 0 Å². The summed E-state index contributed by atoms with van der Waals surface area (Å²) >= 11 is 0. The van der Waals surface area contributed by atoms with E-state index >= 15 is 0 Å². The molecule has 0 spiro atoms. The summed E-state index contributed by atoms with van der Waals surface area (Å²) in [7, 11) is -0.965. The molecule has 0 fully saturated rings. The highest BCUT2D eigenvalue weighted by atomic mass is 31.2. The average Bonchev–Trinajstić information content (AvgIpc) is 2.59. The van der Waals surface area contributed by atoms with Crippen LogP contribution in [0.15, 0.2) is 30.3 Å². The first-order chi connectivity index (χ1) is 11.3. The summed E-state index contributed by atoms with van der Waals surface area (Å²) < 4.78 is 26.8. The zero-order valence-electron chi connectivity index (χ0n) is 14.1. The standard InChI is InChI=1S/C15H23N2O6P/c1-11(14(18)17-12(2)24(20,21-3)22-4)16-15(19)23-10-13-8-6-5-7-9-13/h5-9,11-12H,10H2,1-4H3,(H,16,19)(H,17,18)/t11-,12-/m0/s1. The molecule has 2 N–H and O–H groups in total. The molecule has 1 rings (SSSR count). The van der Waals surface area contributed by atoms with Crippen molar-refractivity contribution in [3.63, 3.8) is 0 Å². The fraction of sp³-hybridized carbons (Fsp3) is 0.467. The second-order valence-corrected chi connectivity index (χ2v) is 7.60. The Labute approximate surface area is 141 Å². The van der Waals surface area contributed by atoms with Crippen LogP contribution < -0.4 is 10.6 Å². The second kappa shape index (κ2) is 9.42. The Hall–Kier alpha value is -1.89. The molecule has 0 aliphatic rings. The molecule has 1 aromatic rings. The van der Waals surface area contributed by atoms with Crippen LogP contribution in [0.4, 0.5) is 4.79 Å². The van der Waals surface area contributed by atoms with Crippen molar-refractivity contribution < 1.29 is 27.9 Å². The Morgan fingerprint density at radius 1 is 1.08 bits per heavy atom. The minimum atomic E-state index is -3.43. The van der Waals surface area contributed by atoms with Crippen molar-refractivity contribution >= 4 is 19.6 Å². The summed E-state index contributed by atoms with van der Waals surface area (Å²) in [5, 5.41) is 4.88. The number of ether oxygens (including phenoxy) is 1. The molecule has 0 bridgehead atoms. The lowest BCUT2D eigenvalue weighted by atomic mass is 10.2. The van der Waals surface area contributed by atoms with Crippen LogP contribution in [0.2, 0.25) is 0 Å². The first-order valence-electron chi connectivity index (χ1n) is 7.31. The van der Waals surface area contributed by atoms with Crippen LogP contribution in [-0.4, -0.2) is 38.0 Å². The van der Waals surface area contributed by atoms with Crippen LogP contribution >= 0.6 is 7.60 Å². The van der Waals surface area contributed by atoms with Crippen molar-refractivity contribution in [3.8, 4) is 0 Å². The number of carbonyl (C=O) groups is 2. The van der Waals surface area contributed by atoms with E-state index < -0.39 is 31.4 Å². The Bertz CT molecular complexity index is 587. The molecule has 0 unspecified atom stereocenters. The molecule has 8 nitrogen and oxygen atoms in total. The molecule has 0 radical (unpaired) electrons. The topological polar surface area (TPSA) is 103 Å². The number of alkyl carbamates (subject to hydrolysis) is 1. The monoisotopic (exact) mass is 358 g/mol.